The summed E-state index contributed by atoms with van der Waals surface area (Å²) in [5, 5.41) is 8.54. The van der Waals surface area contributed by atoms with Crippen molar-refractivity contribution in [1.29, 1.82) is 0 Å². The third-order valence-electron chi connectivity index (χ3n) is 2.76. The molecule has 0 aliphatic heterocycles. The number of hydrogen-bond acceptors (Lipinski definition) is 1. The molecule has 1 rings (SSSR count). The Hall–Kier alpha value is 0.530. The number of carboxylic acids is 1. The van der Waals surface area contributed by atoms with Crippen LogP contribution in [0.25, 0.3) is 0 Å². The quantitative estimate of drug-likeness (QED) is 0.811. The first kappa shape index (κ1) is 11.6. The van der Waals surface area contributed by atoms with Gasteiger partial charge in [-0.1, -0.05) is 29.8 Å². The lowest BCUT2D eigenvalue weighted by Gasteiger charge is -2.10. The molecule has 0 saturated heterocycles. The molecule has 0 spiro atoms. The van der Waals surface area contributed by atoms with E-state index in [4.69, 9.17) is 28.3 Å². The number of aliphatic carboxylic acids is 1. The number of alkyl halides is 3. The lowest BCUT2D eigenvalue weighted by molar-refractivity contribution is -0.139. The second kappa shape index (κ2) is 3.59. The van der Waals surface area contributed by atoms with Gasteiger partial charge in [0, 0.05) is 0 Å². The van der Waals surface area contributed by atoms with Crippen molar-refractivity contribution in [3.05, 3.63) is 0 Å². The Morgan fingerprint density at radius 3 is 2.23 bits per heavy atom. The number of rotatable bonds is 3. The smallest absolute Gasteiger partial charge is 0.307 e. The highest BCUT2D eigenvalue weighted by molar-refractivity contribution is 9.10. The zero-order valence-corrected chi connectivity index (χ0v) is 10.4. The average molecular weight is 290 g/mol. The molecule has 1 aliphatic rings. The molecule has 0 aromatic carbocycles. The molecule has 0 radical (unpaired) electrons. The van der Waals surface area contributed by atoms with Gasteiger partial charge in [0.15, 0.2) is 0 Å². The molecule has 13 heavy (non-hydrogen) atoms. The van der Waals surface area contributed by atoms with Gasteiger partial charge in [0.05, 0.1) is 11.3 Å². The minimum atomic E-state index is -0.787. The van der Waals surface area contributed by atoms with Gasteiger partial charge in [-0.3, -0.25) is 4.79 Å². The summed E-state index contributed by atoms with van der Waals surface area (Å²) in [6, 6.07) is 0. The minimum Gasteiger partial charge on any atom is -0.481 e. The largest absolute Gasteiger partial charge is 0.481 e. The first-order valence-corrected chi connectivity index (χ1v) is 5.74. The Kier molecular flexibility index (Phi) is 3.21. The van der Waals surface area contributed by atoms with Gasteiger partial charge in [-0.05, 0) is 11.3 Å². The van der Waals surface area contributed by atoms with Crippen molar-refractivity contribution in [2.75, 3.05) is 0 Å². The average Bonchev–Trinajstić information content (AvgIpc) is 2.51. The standard InChI is InChI=1S/C8H11BrCl2O2/c1-8(2)3(4(8)7(12)13)5(10)6(9)11/h3-6H,1-2H3,(H,12,13). The van der Waals surface area contributed by atoms with E-state index in [1.165, 1.54) is 0 Å². The monoisotopic (exact) mass is 288 g/mol. The van der Waals surface area contributed by atoms with Crippen molar-refractivity contribution >= 4 is 45.1 Å². The molecule has 1 saturated carbocycles. The lowest BCUT2D eigenvalue weighted by atomic mass is 10.1. The molecule has 0 amide bonds. The van der Waals surface area contributed by atoms with Crippen LogP contribution in [0.1, 0.15) is 13.8 Å². The molecule has 2 nitrogen and oxygen atoms in total. The normalized spacial score (nSPS) is 35.2. The molecule has 0 bridgehead atoms. The molecular formula is C8H11BrCl2O2. The Balaban J connectivity index is 2.70. The van der Waals surface area contributed by atoms with E-state index in [1.54, 1.807) is 0 Å². The highest BCUT2D eigenvalue weighted by Gasteiger charge is 2.65. The van der Waals surface area contributed by atoms with Crippen molar-refractivity contribution in [2.45, 2.75) is 23.5 Å². The molecule has 4 unspecified atom stereocenters. The number of carboxylic acid groups (broad SMARTS) is 1. The molecule has 0 aromatic rings. The molecule has 0 heterocycles. The summed E-state index contributed by atoms with van der Waals surface area (Å²) >= 11 is 14.9. The molecule has 1 fully saturated rings. The fourth-order valence-electron chi connectivity index (χ4n) is 1.90. The summed E-state index contributed by atoms with van der Waals surface area (Å²) in [7, 11) is 0. The molecule has 76 valence electrons. The van der Waals surface area contributed by atoms with Gasteiger partial charge in [-0.25, -0.2) is 0 Å². The molecule has 1 N–H and O–H groups in total. The summed E-state index contributed by atoms with van der Waals surface area (Å²) < 4.78 is -0.372. The maximum atomic E-state index is 10.8. The maximum absolute atomic E-state index is 10.8. The van der Waals surface area contributed by atoms with E-state index in [2.05, 4.69) is 15.9 Å². The number of carbonyl (C=O) groups is 1. The number of halogens is 3. The van der Waals surface area contributed by atoms with Crippen molar-refractivity contribution < 1.29 is 9.90 Å². The molecule has 0 aromatic heterocycles. The SMILES string of the molecule is CC1(C)C(C(=O)O)C1C(Cl)C(Cl)Br. The van der Waals surface area contributed by atoms with E-state index in [-0.39, 0.29) is 26.9 Å². The summed E-state index contributed by atoms with van der Waals surface area (Å²) in [6.45, 7) is 3.80. The van der Waals surface area contributed by atoms with E-state index >= 15 is 0 Å². The van der Waals surface area contributed by atoms with Crippen molar-refractivity contribution in [2.24, 2.45) is 17.3 Å². The van der Waals surface area contributed by atoms with Gasteiger partial charge in [-0.2, -0.15) is 0 Å². The third-order valence-corrected chi connectivity index (χ3v) is 4.56. The second-order valence-electron chi connectivity index (χ2n) is 3.94. The Bertz CT molecular complexity index is 230. The highest BCUT2D eigenvalue weighted by Crippen LogP contribution is 2.62. The summed E-state index contributed by atoms with van der Waals surface area (Å²) in [5.74, 6) is -1.20. The van der Waals surface area contributed by atoms with Gasteiger partial charge in [0.2, 0.25) is 0 Å². The molecular weight excluding hydrogens is 279 g/mol. The fourth-order valence-corrected chi connectivity index (χ4v) is 2.86. The van der Waals surface area contributed by atoms with Crippen LogP contribution in [0.15, 0.2) is 0 Å². The predicted octanol–water partition coefficient (Wildman–Crippen LogP) is 2.91. The highest BCUT2D eigenvalue weighted by atomic mass is 79.9. The van der Waals surface area contributed by atoms with Gasteiger partial charge in [0.25, 0.3) is 0 Å². The Morgan fingerprint density at radius 2 is 2.00 bits per heavy atom. The summed E-state index contributed by atoms with van der Waals surface area (Å²) in [4.78, 5) is 10.8. The first-order chi connectivity index (χ1) is 5.80. The van der Waals surface area contributed by atoms with Crippen LogP contribution < -0.4 is 0 Å². The van der Waals surface area contributed by atoms with Crippen molar-refractivity contribution in [3.63, 3.8) is 0 Å². The van der Waals surface area contributed by atoms with E-state index in [1.807, 2.05) is 13.8 Å². The zero-order valence-electron chi connectivity index (χ0n) is 7.30. The van der Waals surface area contributed by atoms with Crippen molar-refractivity contribution in [1.82, 2.24) is 0 Å². The molecule has 5 heteroatoms. The van der Waals surface area contributed by atoms with Crippen LogP contribution in [0, 0.1) is 17.3 Å². The van der Waals surface area contributed by atoms with Crippen LogP contribution in [0.3, 0.4) is 0 Å². The third kappa shape index (κ3) is 1.97. The fraction of sp³-hybridized carbons (Fsp3) is 0.875. The first-order valence-electron chi connectivity index (χ1n) is 3.95. The molecule has 1 aliphatic carbocycles. The van der Waals surface area contributed by atoms with Crippen LogP contribution in [-0.2, 0) is 4.79 Å². The van der Waals surface area contributed by atoms with E-state index in [9.17, 15) is 4.79 Å². The van der Waals surface area contributed by atoms with Gasteiger partial charge in [-0.15, -0.1) is 23.2 Å². The van der Waals surface area contributed by atoms with Crippen molar-refractivity contribution in [3.8, 4) is 0 Å². The van der Waals surface area contributed by atoms with E-state index in [0.29, 0.717) is 0 Å². The Morgan fingerprint density at radius 1 is 1.54 bits per heavy atom. The van der Waals surface area contributed by atoms with E-state index in [0.717, 1.165) is 0 Å². The van der Waals surface area contributed by atoms with Crippen LogP contribution in [0.5, 0.6) is 0 Å². The number of hydrogen-bond donors (Lipinski definition) is 1. The maximum Gasteiger partial charge on any atom is 0.307 e. The Labute approximate surface area is 95.7 Å². The van der Waals surface area contributed by atoms with Crippen LogP contribution in [-0.4, -0.2) is 20.7 Å². The lowest BCUT2D eigenvalue weighted by Crippen LogP contribution is -2.15. The van der Waals surface area contributed by atoms with Gasteiger partial charge < -0.3 is 5.11 Å². The predicted molar refractivity (Wildman–Crippen MR) is 56.6 cm³/mol. The summed E-state index contributed by atoms with van der Waals surface area (Å²) in [6.07, 6.45) is 0. The minimum absolute atomic E-state index is 0.0476. The molecule has 4 atom stereocenters. The topological polar surface area (TPSA) is 37.3 Å². The van der Waals surface area contributed by atoms with Crippen LogP contribution in [0.4, 0.5) is 0 Å². The van der Waals surface area contributed by atoms with Gasteiger partial charge >= 0.3 is 5.97 Å². The zero-order chi connectivity index (χ0) is 10.4. The van der Waals surface area contributed by atoms with E-state index < -0.39 is 5.97 Å². The summed E-state index contributed by atoms with van der Waals surface area (Å²) in [5.41, 5.74) is -0.237. The van der Waals surface area contributed by atoms with Crippen LogP contribution >= 0.6 is 39.1 Å². The van der Waals surface area contributed by atoms with Crippen LogP contribution in [0.2, 0.25) is 0 Å². The van der Waals surface area contributed by atoms with Gasteiger partial charge in [0.1, 0.15) is 4.29 Å². The second-order valence-corrected chi connectivity index (χ2v) is 6.43.